The number of non-ortho nitro benzene ring substituents is 1. The van der Waals surface area contributed by atoms with E-state index in [1.807, 2.05) is 0 Å². The molecule has 0 bridgehead atoms. The minimum absolute atomic E-state index is 0.0379. The second kappa shape index (κ2) is 7.23. The third kappa shape index (κ3) is 3.67. The summed E-state index contributed by atoms with van der Waals surface area (Å²) in [6.45, 7) is 0. The first-order valence-electron chi connectivity index (χ1n) is 6.69. The summed E-state index contributed by atoms with van der Waals surface area (Å²) in [6.07, 6.45) is 1.20. The number of nitrogens with zero attached hydrogens (tertiary/aromatic N) is 1. The maximum absolute atomic E-state index is 11.6. The predicted molar refractivity (Wildman–Crippen MR) is 82.8 cm³/mol. The van der Waals surface area contributed by atoms with Gasteiger partial charge in [0, 0.05) is 23.8 Å². The molecule has 1 aromatic heterocycles. The lowest BCUT2D eigenvalue weighted by Crippen LogP contribution is -2.15. The summed E-state index contributed by atoms with van der Waals surface area (Å²) >= 11 is 0. The molecule has 1 aromatic carbocycles. The molecule has 0 aliphatic heterocycles. The molecule has 0 aliphatic carbocycles. The quantitative estimate of drug-likeness (QED) is 0.207. The lowest BCUT2D eigenvalue weighted by atomic mass is 10.1. The van der Waals surface area contributed by atoms with Crippen molar-refractivity contribution in [2.75, 3.05) is 14.2 Å². The van der Waals surface area contributed by atoms with Crippen molar-refractivity contribution in [3.05, 3.63) is 57.8 Å². The zero-order valence-electron chi connectivity index (χ0n) is 12.8. The number of ether oxygens (including phenoxy) is 2. The van der Waals surface area contributed by atoms with E-state index in [0.29, 0.717) is 11.3 Å². The molecule has 0 saturated carbocycles. The van der Waals surface area contributed by atoms with E-state index in [-0.39, 0.29) is 17.0 Å². The SMILES string of the molecule is COC(=O)C(=Cc1ccc(-c2ccc([N+](=O)[O-])cc2)o1)C(=O)OC. The van der Waals surface area contributed by atoms with Gasteiger partial charge in [0.2, 0.25) is 0 Å². The van der Waals surface area contributed by atoms with Crippen LogP contribution in [0.3, 0.4) is 0 Å². The van der Waals surface area contributed by atoms with E-state index in [0.717, 1.165) is 14.2 Å². The Morgan fingerprint density at radius 3 is 2.12 bits per heavy atom. The standard InChI is InChI=1S/C16H13NO7/c1-22-15(18)13(16(19)23-2)9-12-7-8-14(24-12)10-3-5-11(6-4-10)17(20)21/h3-9H,1-2H3. The summed E-state index contributed by atoms with van der Waals surface area (Å²) in [4.78, 5) is 33.3. The molecule has 0 amide bonds. The van der Waals surface area contributed by atoms with Crippen molar-refractivity contribution in [2.45, 2.75) is 0 Å². The number of furan rings is 1. The van der Waals surface area contributed by atoms with Crippen LogP contribution in [0.4, 0.5) is 5.69 Å². The van der Waals surface area contributed by atoms with Crippen molar-refractivity contribution in [3.63, 3.8) is 0 Å². The number of nitro benzene ring substituents is 1. The highest BCUT2D eigenvalue weighted by Crippen LogP contribution is 2.25. The number of carbonyl (C=O) groups is 2. The summed E-state index contributed by atoms with van der Waals surface area (Å²) < 4.78 is 14.6. The number of hydrogen-bond acceptors (Lipinski definition) is 7. The topological polar surface area (TPSA) is 109 Å². The van der Waals surface area contributed by atoms with Gasteiger partial charge in [-0.25, -0.2) is 9.59 Å². The molecule has 124 valence electrons. The van der Waals surface area contributed by atoms with Crippen molar-refractivity contribution in [1.82, 2.24) is 0 Å². The van der Waals surface area contributed by atoms with E-state index in [9.17, 15) is 19.7 Å². The zero-order valence-corrected chi connectivity index (χ0v) is 12.8. The van der Waals surface area contributed by atoms with Gasteiger partial charge in [0.15, 0.2) is 0 Å². The highest BCUT2D eigenvalue weighted by Gasteiger charge is 2.20. The molecule has 0 saturated heterocycles. The average molecular weight is 331 g/mol. The number of rotatable bonds is 5. The van der Waals surface area contributed by atoms with Gasteiger partial charge in [-0.05, 0) is 24.3 Å². The fourth-order valence-corrected chi connectivity index (χ4v) is 1.90. The van der Waals surface area contributed by atoms with Crippen LogP contribution in [0.5, 0.6) is 0 Å². The molecule has 0 radical (unpaired) electrons. The predicted octanol–water partition coefficient (Wildman–Crippen LogP) is 2.58. The minimum Gasteiger partial charge on any atom is -0.465 e. The fourth-order valence-electron chi connectivity index (χ4n) is 1.90. The molecule has 0 N–H and O–H groups in total. The van der Waals surface area contributed by atoms with E-state index in [4.69, 9.17) is 4.42 Å². The van der Waals surface area contributed by atoms with E-state index < -0.39 is 16.9 Å². The Hall–Kier alpha value is -3.42. The molecule has 0 atom stereocenters. The van der Waals surface area contributed by atoms with Gasteiger partial charge in [-0.15, -0.1) is 0 Å². The monoisotopic (exact) mass is 331 g/mol. The first kappa shape index (κ1) is 16.9. The largest absolute Gasteiger partial charge is 0.465 e. The summed E-state index contributed by atoms with van der Waals surface area (Å²) in [6, 6.07) is 8.92. The van der Waals surface area contributed by atoms with Crippen molar-refractivity contribution in [1.29, 1.82) is 0 Å². The Labute approximate surface area is 136 Å². The van der Waals surface area contributed by atoms with Crippen LogP contribution in [-0.4, -0.2) is 31.1 Å². The van der Waals surface area contributed by atoms with Crippen molar-refractivity contribution < 1.29 is 28.4 Å². The minimum atomic E-state index is -0.852. The third-order valence-corrected chi connectivity index (χ3v) is 3.09. The smallest absolute Gasteiger partial charge is 0.345 e. The van der Waals surface area contributed by atoms with Crippen LogP contribution in [0.15, 0.2) is 46.4 Å². The van der Waals surface area contributed by atoms with Gasteiger partial charge in [-0.2, -0.15) is 0 Å². The van der Waals surface area contributed by atoms with E-state index in [1.54, 1.807) is 12.1 Å². The van der Waals surface area contributed by atoms with Crippen LogP contribution >= 0.6 is 0 Å². The summed E-state index contributed by atoms with van der Waals surface area (Å²) in [7, 11) is 2.28. The normalized spacial score (nSPS) is 9.92. The Morgan fingerprint density at radius 2 is 1.62 bits per heavy atom. The van der Waals surface area contributed by atoms with Gasteiger partial charge in [-0.1, -0.05) is 0 Å². The van der Waals surface area contributed by atoms with Gasteiger partial charge in [0.25, 0.3) is 5.69 Å². The molecule has 0 aliphatic rings. The fraction of sp³-hybridized carbons (Fsp3) is 0.125. The second-order valence-electron chi connectivity index (χ2n) is 4.55. The van der Waals surface area contributed by atoms with E-state index in [2.05, 4.69) is 9.47 Å². The third-order valence-electron chi connectivity index (χ3n) is 3.09. The Balaban J connectivity index is 2.32. The lowest BCUT2D eigenvalue weighted by molar-refractivity contribution is -0.384. The van der Waals surface area contributed by atoms with Crippen molar-refractivity contribution in [3.8, 4) is 11.3 Å². The highest BCUT2D eigenvalue weighted by molar-refractivity contribution is 6.17. The summed E-state index contributed by atoms with van der Waals surface area (Å²) in [5.74, 6) is -1.05. The van der Waals surface area contributed by atoms with Crippen molar-refractivity contribution in [2.24, 2.45) is 0 Å². The Bertz CT molecular complexity index is 784. The summed E-state index contributed by atoms with van der Waals surface area (Å²) in [5.41, 5.74) is 0.256. The van der Waals surface area contributed by atoms with E-state index >= 15 is 0 Å². The molecular formula is C16H13NO7. The second-order valence-corrected chi connectivity index (χ2v) is 4.55. The molecule has 24 heavy (non-hydrogen) atoms. The number of hydrogen-bond donors (Lipinski definition) is 0. The number of methoxy groups -OCH3 is 2. The molecule has 1 heterocycles. The Kier molecular flexibility index (Phi) is 5.10. The van der Waals surface area contributed by atoms with E-state index in [1.165, 1.54) is 30.3 Å². The maximum atomic E-state index is 11.6. The number of nitro groups is 1. The summed E-state index contributed by atoms with van der Waals surface area (Å²) in [5, 5.41) is 10.6. The molecular weight excluding hydrogens is 318 g/mol. The lowest BCUT2D eigenvalue weighted by Gasteiger charge is -2.02. The van der Waals surface area contributed by atoms with Crippen LogP contribution in [0.1, 0.15) is 5.76 Å². The number of esters is 2. The van der Waals surface area contributed by atoms with Crippen LogP contribution in [0.2, 0.25) is 0 Å². The molecule has 2 rings (SSSR count). The van der Waals surface area contributed by atoms with Gasteiger partial charge in [-0.3, -0.25) is 10.1 Å². The molecule has 2 aromatic rings. The van der Waals surface area contributed by atoms with Crippen LogP contribution in [0, 0.1) is 10.1 Å². The Morgan fingerprint density at radius 1 is 1.04 bits per heavy atom. The van der Waals surface area contributed by atoms with Gasteiger partial charge < -0.3 is 13.9 Å². The molecule has 0 spiro atoms. The molecule has 8 nitrogen and oxygen atoms in total. The first-order chi connectivity index (χ1) is 11.5. The number of carbonyl (C=O) groups excluding carboxylic acids is 2. The van der Waals surface area contributed by atoms with Crippen molar-refractivity contribution >= 4 is 23.7 Å². The van der Waals surface area contributed by atoms with Crippen LogP contribution in [-0.2, 0) is 19.1 Å². The zero-order chi connectivity index (χ0) is 17.7. The van der Waals surface area contributed by atoms with Gasteiger partial charge >= 0.3 is 11.9 Å². The maximum Gasteiger partial charge on any atom is 0.345 e. The highest BCUT2D eigenvalue weighted by atomic mass is 16.6. The van der Waals surface area contributed by atoms with Crippen LogP contribution < -0.4 is 0 Å². The van der Waals surface area contributed by atoms with Gasteiger partial charge in [0.05, 0.1) is 19.1 Å². The molecule has 0 fully saturated rings. The average Bonchev–Trinajstić information content (AvgIpc) is 3.07. The number of benzene rings is 1. The molecule has 0 unspecified atom stereocenters. The van der Waals surface area contributed by atoms with Gasteiger partial charge in [0.1, 0.15) is 17.1 Å². The first-order valence-corrected chi connectivity index (χ1v) is 6.69. The van der Waals surface area contributed by atoms with Crippen LogP contribution in [0.25, 0.3) is 17.4 Å². The molecule has 8 heteroatoms.